The maximum atomic E-state index is 12.0. The number of anilines is 1. The van der Waals surface area contributed by atoms with Gasteiger partial charge < -0.3 is 16.0 Å². The van der Waals surface area contributed by atoms with E-state index in [0.29, 0.717) is 0 Å². The highest BCUT2D eigenvalue weighted by Gasteiger charge is 2.29. The summed E-state index contributed by atoms with van der Waals surface area (Å²) in [4.78, 5) is 14.2. The Labute approximate surface area is 121 Å². The third-order valence-corrected chi connectivity index (χ3v) is 4.07. The van der Waals surface area contributed by atoms with E-state index >= 15 is 0 Å². The number of hydrogen-bond acceptors (Lipinski definition) is 3. The van der Waals surface area contributed by atoms with E-state index < -0.39 is 0 Å². The molecule has 4 nitrogen and oxygen atoms in total. The van der Waals surface area contributed by atoms with Gasteiger partial charge in [0.05, 0.1) is 5.92 Å². The molecule has 3 N–H and O–H groups in total. The van der Waals surface area contributed by atoms with E-state index in [1.807, 2.05) is 18.2 Å². The highest BCUT2D eigenvalue weighted by atomic mass is 16.1. The highest BCUT2D eigenvalue weighted by Crippen LogP contribution is 2.23. The van der Waals surface area contributed by atoms with Gasteiger partial charge in [-0.3, -0.25) is 4.79 Å². The van der Waals surface area contributed by atoms with Crippen molar-refractivity contribution in [1.82, 2.24) is 5.32 Å². The average Bonchev–Trinajstić information content (AvgIpc) is 2.90. The Kier molecular flexibility index (Phi) is 5.41. The number of hydrogen-bond donors (Lipinski definition) is 2. The molecule has 0 saturated heterocycles. The van der Waals surface area contributed by atoms with E-state index in [-0.39, 0.29) is 17.9 Å². The molecule has 1 aromatic rings. The lowest BCUT2D eigenvalue weighted by atomic mass is 10.0. The number of nitrogens with two attached hydrogens (primary N) is 1. The number of carbonyl (C=O) groups excluding carboxylic acids is 1. The first-order valence-corrected chi connectivity index (χ1v) is 7.48. The van der Waals surface area contributed by atoms with E-state index in [1.54, 1.807) is 0 Å². The van der Waals surface area contributed by atoms with Crippen LogP contribution in [0.3, 0.4) is 0 Å². The van der Waals surface area contributed by atoms with Crippen LogP contribution in [0.2, 0.25) is 0 Å². The van der Waals surface area contributed by atoms with Crippen LogP contribution in [0.15, 0.2) is 30.3 Å². The van der Waals surface area contributed by atoms with Crippen LogP contribution in [0.5, 0.6) is 0 Å². The Morgan fingerprint density at radius 2 is 2.10 bits per heavy atom. The fourth-order valence-corrected chi connectivity index (χ4v) is 2.78. The summed E-state index contributed by atoms with van der Waals surface area (Å²) in [6, 6.07) is 10.3. The zero-order valence-corrected chi connectivity index (χ0v) is 12.2. The van der Waals surface area contributed by atoms with Gasteiger partial charge in [-0.25, -0.2) is 0 Å². The van der Waals surface area contributed by atoms with Crippen molar-refractivity contribution in [3.63, 3.8) is 0 Å². The van der Waals surface area contributed by atoms with Gasteiger partial charge in [-0.2, -0.15) is 0 Å². The van der Waals surface area contributed by atoms with E-state index in [0.717, 1.165) is 38.8 Å². The van der Waals surface area contributed by atoms with Gasteiger partial charge in [-0.15, -0.1) is 0 Å². The molecular formula is C16H25N3O. The molecular weight excluding hydrogens is 250 g/mol. The molecule has 0 spiro atoms. The monoisotopic (exact) mass is 275 g/mol. The normalized spacial score (nSPS) is 21.7. The Hall–Kier alpha value is -1.55. The smallest absolute Gasteiger partial charge is 0.224 e. The predicted octanol–water partition coefficient (Wildman–Crippen LogP) is 1.76. The highest BCUT2D eigenvalue weighted by molar-refractivity contribution is 5.79. The Bertz CT molecular complexity index is 421. The van der Waals surface area contributed by atoms with E-state index in [9.17, 15) is 4.79 Å². The minimum absolute atomic E-state index is 0.0295. The van der Waals surface area contributed by atoms with E-state index in [1.165, 1.54) is 5.69 Å². The minimum atomic E-state index is 0.0295. The van der Waals surface area contributed by atoms with Crippen molar-refractivity contribution in [2.45, 2.75) is 31.7 Å². The summed E-state index contributed by atoms with van der Waals surface area (Å²) in [7, 11) is 2.07. The first kappa shape index (κ1) is 14.9. The third-order valence-electron chi connectivity index (χ3n) is 4.07. The number of carbonyl (C=O) groups is 1. The first-order valence-electron chi connectivity index (χ1n) is 7.48. The summed E-state index contributed by atoms with van der Waals surface area (Å²) in [6.45, 7) is 1.65. The van der Waals surface area contributed by atoms with Gasteiger partial charge in [0.25, 0.3) is 0 Å². The van der Waals surface area contributed by atoms with Gasteiger partial charge >= 0.3 is 0 Å². The number of nitrogens with zero attached hydrogens (tertiary/aromatic N) is 1. The average molecular weight is 275 g/mol. The molecule has 2 atom stereocenters. The number of rotatable bonds is 6. The molecule has 110 valence electrons. The summed E-state index contributed by atoms with van der Waals surface area (Å²) < 4.78 is 0. The summed E-state index contributed by atoms with van der Waals surface area (Å²) in [5.74, 6) is 0.166. The predicted molar refractivity (Wildman–Crippen MR) is 82.7 cm³/mol. The molecule has 1 aliphatic rings. The van der Waals surface area contributed by atoms with E-state index in [4.69, 9.17) is 5.73 Å². The van der Waals surface area contributed by atoms with Gasteiger partial charge in [-0.05, 0) is 31.4 Å². The van der Waals surface area contributed by atoms with Crippen LogP contribution in [0.4, 0.5) is 5.69 Å². The van der Waals surface area contributed by atoms with Crippen molar-refractivity contribution in [2.24, 2.45) is 11.7 Å². The SMILES string of the molecule is CN(CCCNC(=O)C1CCCC1N)c1ccccc1. The molecule has 1 aliphatic carbocycles. The molecule has 2 rings (SSSR count). The molecule has 1 saturated carbocycles. The minimum Gasteiger partial charge on any atom is -0.375 e. The fourth-order valence-electron chi connectivity index (χ4n) is 2.78. The zero-order valence-electron chi connectivity index (χ0n) is 12.2. The number of benzene rings is 1. The summed E-state index contributed by atoms with van der Waals surface area (Å²) in [6.07, 6.45) is 3.95. The lowest BCUT2D eigenvalue weighted by Gasteiger charge is -2.20. The van der Waals surface area contributed by atoms with Crippen molar-refractivity contribution >= 4 is 11.6 Å². The third kappa shape index (κ3) is 3.97. The van der Waals surface area contributed by atoms with E-state index in [2.05, 4.69) is 29.4 Å². The van der Waals surface area contributed by atoms with Crippen molar-refractivity contribution in [1.29, 1.82) is 0 Å². The Balaban J connectivity index is 1.65. The maximum Gasteiger partial charge on any atom is 0.224 e. The van der Waals surface area contributed by atoms with Crippen LogP contribution in [-0.4, -0.2) is 32.1 Å². The molecule has 4 heteroatoms. The van der Waals surface area contributed by atoms with Gasteiger partial charge in [0.1, 0.15) is 0 Å². The van der Waals surface area contributed by atoms with Crippen LogP contribution in [-0.2, 0) is 4.79 Å². The second-order valence-corrected chi connectivity index (χ2v) is 5.60. The molecule has 2 unspecified atom stereocenters. The van der Waals surface area contributed by atoms with Crippen LogP contribution < -0.4 is 16.0 Å². The Morgan fingerprint density at radius 3 is 2.75 bits per heavy atom. The lowest BCUT2D eigenvalue weighted by molar-refractivity contribution is -0.125. The van der Waals surface area contributed by atoms with Crippen molar-refractivity contribution < 1.29 is 4.79 Å². The number of nitrogens with one attached hydrogen (secondary N) is 1. The lowest BCUT2D eigenvalue weighted by Crippen LogP contribution is -2.39. The van der Waals surface area contributed by atoms with Gasteiger partial charge in [0, 0.05) is 31.9 Å². The molecule has 0 aliphatic heterocycles. The molecule has 0 heterocycles. The summed E-state index contributed by atoms with van der Waals surface area (Å²) in [5, 5.41) is 3.02. The van der Waals surface area contributed by atoms with Gasteiger partial charge in [0.15, 0.2) is 0 Å². The quantitative estimate of drug-likeness (QED) is 0.778. The van der Waals surface area contributed by atoms with Crippen LogP contribution in [0.25, 0.3) is 0 Å². The van der Waals surface area contributed by atoms with Crippen LogP contribution >= 0.6 is 0 Å². The zero-order chi connectivity index (χ0) is 14.4. The van der Waals surface area contributed by atoms with Crippen LogP contribution in [0.1, 0.15) is 25.7 Å². The molecule has 0 bridgehead atoms. The largest absolute Gasteiger partial charge is 0.375 e. The van der Waals surface area contributed by atoms with Crippen LogP contribution in [0, 0.1) is 5.92 Å². The topological polar surface area (TPSA) is 58.4 Å². The van der Waals surface area contributed by atoms with Gasteiger partial charge in [-0.1, -0.05) is 24.6 Å². The first-order chi connectivity index (χ1) is 9.68. The Morgan fingerprint density at radius 1 is 1.35 bits per heavy atom. The van der Waals surface area contributed by atoms with Gasteiger partial charge in [0.2, 0.25) is 5.91 Å². The standard InChI is InChI=1S/C16H25N3O/c1-19(13-7-3-2-4-8-13)12-6-11-18-16(20)14-9-5-10-15(14)17/h2-4,7-8,14-15H,5-6,9-12,17H2,1H3,(H,18,20). The number of amides is 1. The van der Waals surface area contributed by atoms with Crippen molar-refractivity contribution in [2.75, 3.05) is 25.0 Å². The molecule has 1 amide bonds. The number of para-hydroxylation sites is 1. The maximum absolute atomic E-state index is 12.0. The molecule has 20 heavy (non-hydrogen) atoms. The summed E-state index contributed by atoms with van der Waals surface area (Å²) in [5.41, 5.74) is 7.14. The summed E-state index contributed by atoms with van der Waals surface area (Å²) >= 11 is 0. The second-order valence-electron chi connectivity index (χ2n) is 5.60. The van der Waals surface area contributed by atoms with Crippen molar-refractivity contribution in [3.05, 3.63) is 30.3 Å². The molecule has 1 aromatic carbocycles. The molecule has 0 radical (unpaired) electrons. The molecule has 1 fully saturated rings. The second kappa shape index (κ2) is 7.29. The van der Waals surface area contributed by atoms with Crippen molar-refractivity contribution in [3.8, 4) is 0 Å². The fraction of sp³-hybridized carbons (Fsp3) is 0.562. The molecule has 0 aromatic heterocycles.